The minimum Gasteiger partial charge on any atom is -0.454 e. The van der Waals surface area contributed by atoms with Crippen molar-refractivity contribution in [2.45, 2.75) is 0 Å². The van der Waals surface area contributed by atoms with E-state index in [1.165, 1.54) is 64.0 Å². The molecule has 9 aromatic carbocycles. The van der Waals surface area contributed by atoms with Crippen LogP contribution in [-0.2, 0) is 0 Å². The molecule has 0 saturated heterocycles. The van der Waals surface area contributed by atoms with E-state index >= 15 is 0 Å². The molecule has 0 fully saturated rings. The van der Waals surface area contributed by atoms with Crippen LogP contribution < -0.4 is 4.90 Å². The lowest BCUT2D eigenvalue weighted by Crippen LogP contribution is -2.11. The zero-order valence-electron chi connectivity index (χ0n) is 28.7. The van der Waals surface area contributed by atoms with E-state index in [9.17, 15) is 0 Å². The van der Waals surface area contributed by atoms with Gasteiger partial charge in [-0.1, -0.05) is 152 Å². The monoisotopic (exact) mass is 693 g/mol. The van der Waals surface area contributed by atoms with Crippen molar-refractivity contribution in [1.29, 1.82) is 0 Å². The van der Waals surface area contributed by atoms with E-state index in [-0.39, 0.29) is 0 Å². The Morgan fingerprint density at radius 3 is 1.96 bits per heavy atom. The van der Waals surface area contributed by atoms with E-state index in [4.69, 9.17) is 4.42 Å². The number of fused-ring (bicyclic) bond motifs is 9. The molecule has 2 aromatic heterocycles. The van der Waals surface area contributed by atoms with Gasteiger partial charge in [0.2, 0.25) is 0 Å². The number of hydrogen-bond donors (Lipinski definition) is 0. The maximum absolute atomic E-state index is 6.76. The highest BCUT2D eigenvalue weighted by atomic mass is 32.1. The molecule has 2 nitrogen and oxygen atoms in total. The lowest BCUT2D eigenvalue weighted by atomic mass is 9.98. The first-order valence-electron chi connectivity index (χ1n) is 18.0. The minimum atomic E-state index is 0.873. The SMILES string of the molecule is c1ccc(-c2ccc3c(c2)sc2c(-c4ccccc4)ccc(N(c4ccc5ccc6ccccc6c5c4)c4cccc5c4oc4ccccc45)c23)cc1. The zero-order valence-corrected chi connectivity index (χ0v) is 29.5. The summed E-state index contributed by atoms with van der Waals surface area (Å²) in [5, 5.41) is 9.61. The second-order valence-corrected chi connectivity index (χ2v) is 14.7. The molecule has 3 heteroatoms. The molecule has 0 N–H and O–H groups in total. The minimum absolute atomic E-state index is 0.873. The average Bonchev–Trinajstić information content (AvgIpc) is 3.81. The Hall–Kier alpha value is -6.68. The highest BCUT2D eigenvalue weighted by Crippen LogP contribution is 2.51. The molecule has 0 atom stereocenters. The van der Waals surface area contributed by atoms with Gasteiger partial charge in [-0.2, -0.15) is 0 Å². The van der Waals surface area contributed by atoms with Gasteiger partial charge in [0, 0.05) is 36.6 Å². The molecule has 53 heavy (non-hydrogen) atoms. The van der Waals surface area contributed by atoms with Gasteiger partial charge in [0.05, 0.1) is 11.4 Å². The normalized spacial score (nSPS) is 11.8. The van der Waals surface area contributed by atoms with Crippen molar-refractivity contribution in [2.75, 3.05) is 4.90 Å². The third-order valence-corrected chi connectivity index (χ3v) is 11.8. The predicted octanol–water partition coefficient (Wildman–Crippen LogP) is 15.1. The van der Waals surface area contributed by atoms with Crippen LogP contribution in [0.25, 0.3) is 85.9 Å². The van der Waals surface area contributed by atoms with E-state index in [0.717, 1.165) is 39.0 Å². The van der Waals surface area contributed by atoms with Gasteiger partial charge in [-0.15, -0.1) is 11.3 Å². The second kappa shape index (κ2) is 11.9. The Labute approximate surface area is 310 Å². The van der Waals surface area contributed by atoms with E-state index in [1.54, 1.807) is 0 Å². The molecule has 0 bridgehead atoms. The quantitative estimate of drug-likeness (QED) is 0.167. The van der Waals surface area contributed by atoms with Crippen molar-refractivity contribution in [3.05, 3.63) is 188 Å². The van der Waals surface area contributed by atoms with Crippen molar-refractivity contribution in [3.8, 4) is 22.3 Å². The fraction of sp³-hybridized carbons (Fsp3) is 0. The zero-order chi connectivity index (χ0) is 34.9. The number of thiophene rings is 1. The molecule has 0 saturated carbocycles. The van der Waals surface area contributed by atoms with Gasteiger partial charge < -0.3 is 9.32 Å². The van der Waals surface area contributed by atoms with Crippen LogP contribution >= 0.6 is 11.3 Å². The Morgan fingerprint density at radius 1 is 0.415 bits per heavy atom. The summed E-state index contributed by atoms with van der Waals surface area (Å²) in [6, 6.07) is 67.9. The molecular weight excluding hydrogens is 663 g/mol. The van der Waals surface area contributed by atoms with Crippen molar-refractivity contribution in [1.82, 2.24) is 0 Å². The van der Waals surface area contributed by atoms with E-state index in [1.807, 2.05) is 17.4 Å². The number of hydrogen-bond acceptors (Lipinski definition) is 3. The maximum Gasteiger partial charge on any atom is 0.159 e. The van der Waals surface area contributed by atoms with Crippen molar-refractivity contribution in [2.24, 2.45) is 0 Å². The third kappa shape index (κ3) is 4.78. The molecule has 0 aliphatic rings. The van der Waals surface area contributed by atoms with E-state index in [2.05, 4.69) is 187 Å². The van der Waals surface area contributed by atoms with Crippen LogP contribution in [0, 0.1) is 0 Å². The van der Waals surface area contributed by atoms with Gasteiger partial charge in [0.25, 0.3) is 0 Å². The predicted molar refractivity (Wildman–Crippen MR) is 227 cm³/mol. The molecule has 0 amide bonds. The lowest BCUT2D eigenvalue weighted by molar-refractivity contribution is 0.669. The highest BCUT2D eigenvalue weighted by Gasteiger charge is 2.24. The van der Waals surface area contributed by atoms with Gasteiger partial charge in [-0.3, -0.25) is 0 Å². The molecule has 0 aliphatic heterocycles. The number of rotatable bonds is 5. The summed E-state index contributed by atoms with van der Waals surface area (Å²) in [6.45, 7) is 0. The Kier molecular flexibility index (Phi) is 6.76. The number of para-hydroxylation sites is 2. The highest BCUT2D eigenvalue weighted by molar-refractivity contribution is 7.26. The van der Waals surface area contributed by atoms with Crippen LogP contribution in [0.5, 0.6) is 0 Å². The van der Waals surface area contributed by atoms with Gasteiger partial charge >= 0.3 is 0 Å². The fourth-order valence-electron chi connectivity index (χ4n) is 8.15. The largest absolute Gasteiger partial charge is 0.454 e. The molecule has 248 valence electrons. The summed E-state index contributed by atoms with van der Waals surface area (Å²) in [6.07, 6.45) is 0. The average molecular weight is 694 g/mol. The molecule has 0 aliphatic carbocycles. The van der Waals surface area contributed by atoms with Crippen molar-refractivity contribution < 1.29 is 4.42 Å². The van der Waals surface area contributed by atoms with Gasteiger partial charge in [-0.05, 0) is 80.2 Å². The first-order chi connectivity index (χ1) is 26.3. The Morgan fingerprint density at radius 2 is 1.11 bits per heavy atom. The van der Waals surface area contributed by atoms with Crippen molar-refractivity contribution in [3.63, 3.8) is 0 Å². The Balaban J connectivity index is 1.25. The number of nitrogens with zero attached hydrogens (tertiary/aromatic N) is 1. The second-order valence-electron chi connectivity index (χ2n) is 13.7. The molecule has 11 rings (SSSR count). The summed E-state index contributed by atoms with van der Waals surface area (Å²) in [5.74, 6) is 0. The van der Waals surface area contributed by atoms with Crippen LogP contribution in [0.3, 0.4) is 0 Å². The van der Waals surface area contributed by atoms with Gasteiger partial charge in [0.1, 0.15) is 5.58 Å². The van der Waals surface area contributed by atoms with Gasteiger partial charge in [-0.25, -0.2) is 0 Å². The standard InChI is InChI=1S/C50H31NOS/c1-3-12-32(13-4-1)36-25-27-42-47(30-36)53-50-39(33-14-5-2-6-15-33)28-29-44(48(42)50)51(45-20-11-19-41-40-18-9-10-21-46(40)52-49(41)45)37-26-24-35-23-22-34-16-7-8-17-38(34)43(35)31-37/h1-31H. The summed E-state index contributed by atoms with van der Waals surface area (Å²) in [4.78, 5) is 2.43. The number of furan rings is 1. The number of anilines is 3. The first kappa shape index (κ1) is 30.0. The summed E-state index contributed by atoms with van der Waals surface area (Å²) in [7, 11) is 0. The van der Waals surface area contributed by atoms with E-state index < -0.39 is 0 Å². The van der Waals surface area contributed by atoms with Crippen LogP contribution in [0.1, 0.15) is 0 Å². The summed E-state index contributed by atoms with van der Waals surface area (Å²) in [5.41, 5.74) is 9.85. The molecule has 0 spiro atoms. The molecule has 0 unspecified atom stereocenters. The smallest absolute Gasteiger partial charge is 0.159 e. The van der Waals surface area contributed by atoms with Crippen LogP contribution in [0.4, 0.5) is 17.1 Å². The lowest BCUT2D eigenvalue weighted by Gasteiger charge is -2.27. The molecular formula is C50H31NOS. The van der Waals surface area contributed by atoms with Crippen molar-refractivity contribution >= 4 is 92.1 Å². The summed E-state index contributed by atoms with van der Waals surface area (Å²) >= 11 is 1.88. The number of benzene rings is 9. The molecule has 11 aromatic rings. The van der Waals surface area contributed by atoms with Crippen LogP contribution in [-0.4, -0.2) is 0 Å². The van der Waals surface area contributed by atoms with E-state index in [0.29, 0.717) is 0 Å². The maximum atomic E-state index is 6.76. The van der Waals surface area contributed by atoms with Gasteiger partial charge in [0.15, 0.2) is 5.58 Å². The topological polar surface area (TPSA) is 16.4 Å². The third-order valence-electron chi connectivity index (χ3n) is 10.6. The fourth-order valence-corrected chi connectivity index (χ4v) is 9.45. The first-order valence-corrected chi connectivity index (χ1v) is 18.8. The van der Waals surface area contributed by atoms with Crippen LogP contribution in [0.15, 0.2) is 192 Å². The Bertz CT molecular complexity index is 3180. The molecule has 0 radical (unpaired) electrons. The molecule has 2 heterocycles. The van der Waals surface area contributed by atoms with Crippen LogP contribution in [0.2, 0.25) is 0 Å². The summed E-state index contributed by atoms with van der Waals surface area (Å²) < 4.78 is 9.29.